The Labute approximate surface area is 73.8 Å². The van der Waals surface area contributed by atoms with Crippen molar-refractivity contribution in [3.8, 4) is 0 Å². The van der Waals surface area contributed by atoms with E-state index in [2.05, 4.69) is 21.8 Å². The number of hydrogen-bond acceptors (Lipinski definition) is 2. The van der Waals surface area contributed by atoms with E-state index in [0.717, 1.165) is 6.54 Å². The second kappa shape index (κ2) is 4.93. The summed E-state index contributed by atoms with van der Waals surface area (Å²) in [6.45, 7) is 3.32. The highest BCUT2D eigenvalue weighted by Gasteiger charge is 2.01. The Hall–Kier alpha value is -0.830. The second-order valence-corrected chi connectivity index (χ2v) is 3.10. The van der Waals surface area contributed by atoms with Crippen molar-refractivity contribution in [2.24, 2.45) is 0 Å². The second-order valence-electron chi connectivity index (χ2n) is 3.10. The minimum Gasteiger partial charge on any atom is -0.335 e. The summed E-state index contributed by atoms with van der Waals surface area (Å²) in [5.74, 6) is 0. The molecule has 0 spiro atoms. The summed E-state index contributed by atoms with van der Waals surface area (Å²) in [5.41, 5.74) is 0. The normalized spacial score (nSPS) is 13.2. The lowest BCUT2D eigenvalue weighted by Crippen LogP contribution is -2.10. The molecule has 0 bridgehead atoms. The van der Waals surface area contributed by atoms with Gasteiger partial charge in [-0.25, -0.2) is 4.98 Å². The van der Waals surface area contributed by atoms with Crippen LogP contribution in [0.5, 0.6) is 0 Å². The van der Waals surface area contributed by atoms with E-state index >= 15 is 0 Å². The van der Waals surface area contributed by atoms with Crippen LogP contribution < -0.4 is 5.32 Å². The first-order valence-electron chi connectivity index (χ1n) is 4.46. The van der Waals surface area contributed by atoms with Gasteiger partial charge in [0.2, 0.25) is 0 Å². The molecule has 0 fully saturated rings. The third-order valence-electron chi connectivity index (χ3n) is 2.08. The van der Waals surface area contributed by atoms with E-state index in [-0.39, 0.29) is 0 Å². The maximum Gasteiger partial charge on any atom is 0.0948 e. The topological polar surface area (TPSA) is 29.9 Å². The Morgan fingerprint density at radius 1 is 1.58 bits per heavy atom. The molecule has 1 aromatic heterocycles. The van der Waals surface area contributed by atoms with Gasteiger partial charge in [0, 0.05) is 18.4 Å². The lowest BCUT2D eigenvalue weighted by atomic mass is 10.2. The Morgan fingerprint density at radius 3 is 3.00 bits per heavy atom. The quantitative estimate of drug-likeness (QED) is 0.672. The number of nitrogens with zero attached hydrogens (tertiary/aromatic N) is 2. The van der Waals surface area contributed by atoms with Gasteiger partial charge in [0.15, 0.2) is 0 Å². The molecule has 1 atom stereocenters. The predicted octanol–water partition coefficient (Wildman–Crippen LogP) is 1.44. The van der Waals surface area contributed by atoms with E-state index in [4.69, 9.17) is 0 Å². The van der Waals surface area contributed by atoms with E-state index in [0.29, 0.717) is 6.04 Å². The van der Waals surface area contributed by atoms with Crippen LogP contribution in [0.4, 0.5) is 0 Å². The van der Waals surface area contributed by atoms with Gasteiger partial charge < -0.3 is 9.88 Å². The van der Waals surface area contributed by atoms with Crippen LogP contribution in [0.2, 0.25) is 0 Å². The van der Waals surface area contributed by atoms with Crippen molar-refractivity contribution < 1.29 is 0 Å². The van der Waals surface area contributed by atoms with Crippen LogP contribution in [0.1, 0.15) is 25.8 Å². The lowest BCUT2D eigenvalue weighted by Gasteiger charge is -2.11. The number of hydrogen-bond donors (Lipinski definition) is 1. The zero-order valence-corrected chi connectivity index (χ0v) is 7.83. The van der Waals surface area contributed by atoms with E-state index in [1.54, 1.807) is 0 Å². The fraction of sp³-hybridized carbons (Fsp3) is 0.667. The van der Waals surface area contributed by atoms with Gasteiger partial charge in [-0.2, -0.15) is 0 Å². The lowest BCUT2D eigenvalue weighted by molar-refractivity contribution is 0.482. The van der Waals surface area contributed by atoms with Crippen LogP contribution in [-0.2, 0) is 0 Å². The summed E-state index contributed by atoms with van der Waals surface area (Å²) < 4.78 is 2.15. The van der Waals surface area contributed by atoms with Crippen LogP contribution in [0.3, 0.4) is 0 Å². The fourth-order valence-electron chi connectivity index (χ4n) is 1.25. The molecule has 1 rings (SSSR count). The molecule has 0 saturated carbocycles. The molecule has 0 aliphatic carbocycles. The SMILES string of the molecule is CNCCCC(C)n1ccnc1. The van der Waals surface area contributed by atoms with Crippen LogP contribution in [0.25, 0.3) is 0 Å². The van der Waals surface area contributed by atoms with E-state index in [9.17, 15) is 0 Å². The largest absolute Gasteiger partial charge is 0.335 e. The molecule has 1 aromatic rings. The molecular formula is C9H17N3. The third kappa shape index (κ3) is 2.66. The average molecular weight is 167 g/mol. The van der Waals surface area contributed by atoms with Gasteiger partial charge >= 0.3 is 0 Å². The smallest absolute Gasteiger partial charge is 0.0948 e. The molecule has 1 N–H and O–H groups in total. The van der Waals surface area contributed by atoms with Crippen molar-refractivity contribution in [3.05, 3.63) is 18.7 Å². The molecule has 1 heterocycles. The maximum absolute atomic E-state index is 4.02. The predicted molar refractivity (Wildman–Crippen MR) is 50.1 cm³/mol. The third-order valence-corrected chi connectivity index (χ3v) is 2.08. The number of imidazole rings is 1. The molecule has 0 aliphatic heterocycles. The minimum absolute atomic E-state index is 0.570. The highest BCUT2D eigenvalue weighted by Crippen LogP contribution is 2.10. The Morgan fingerprint density at radius 2 is 2.42 bits per heavy atom. The highest BCUT2D eigenvalue weighted by molar-refractivity contribution is 4.78. The van der Waals surface area contributed by atoms with Crippen LogP contribution in [0, 0.1) is 0 Å². The van der Waals surface area contributed by atoms with Crippen molar-refractivity contribution >= 4 is 0 Å². The first-order chi connectivity index (χ1) is 5.84. The molecule has 1 unspecified atom stereocenters. The highest BCUT2D eigenvalue weighted by atomic mass is 15.0. The van der Waals surface area contributed by atoms with E-state index < -0.39 is 0 Å². The molecule has 0 aliphatic rings. The Kier molecular flexibility index (Phi) is 3.80. The zero-order valence-electron chi connectivity index (χ0n) is 7.83. The number of rotatable bonds is 5. The van der Waals surface area contributed by atoms with Gasteiger partial charge in [-0.15, -0.1) is 0 Å². The Balaban J connectivity index is 2.25. The van der Waals surface area contributed by atoms with Crippen molar-refractivity contribution in [1.29, 1.82) is 0 Å². The summed E-state index contributed by atoms with van der Waals surface area (Å²) in [7, 11) is 1.99. The minimum atomic E-state index is 0.570. The molecular weight excluding hydrogens is 150 g/mol. The molecule has 0 amide bonds. The summed E-state index contributed by atoms with van der Waals surface area (Å²) in [6, 6.07) is 0.570. The summed E-state index contributed by atoms with van der Waals surface area (Å²) in [6.07, 6.45) is 8.15. The van der Waals surface area contributed by atoms with Gasteiger partial charge in [-0.05, 0) is 33.4 Å². The maximum atomic E-state index is 4.02. The molecule has 3 nitrogen and oxygen atoms in total. The molecule has 0 saturated heterocycles. The van der Waals surface area contributed by atoms with Crippen molar-refractivity contribution in [3.63, 3.8) is 0 Å². The molecule has 0 aromatic carbocycles. The molecule has 3 heteroatoms. The van der Waals surface area contributed by atoms with E-state index in [1.807, 2.05) is 25.8 Å². The van der Waals surface area contributed by atoms with Crippen LogP contribution in [0.15, 0.2) is 18.7 Å². The average Bonchev–Trinajstić information content (AvgIpc) is 2.56. The number of nitrogens with one attached hydrogen (secondary N) is 1. The van der Waals surface area contributed by atoms with Crippen molar-refractivity contribution in [2.75, 3.05) is 13.6 Å². The first-order valence-corrected chi connectivity index (χ1v) is 4.46. The van der Waals surface area contributed by atoms with Crippen molar-refractivity contribution in [1.82, 2.24) is 14.9 Å². The van der Waals surface area contributed by atoms with Gasteiger partial charge in [-0.1, -0.05) is 0 Å². The van der Waals surface area contributed by atoms with Crippen LogP contribution >= 0.6 is 0 Å². The van der Waals surface area contributed by atoms with Gasteiger partial charge in [0.05, 0.1) is 6.33 Å². The monoisotopic (exact) mass is 167 g/mol. The summed E-state index contributed by atoms with van der Waals surface area (Å²) in [4.78, 5) is 4.02. The zero-order chi connectivity index (χ0) is 8.81. The van der Waals surface area contributed by atoms with Crippen molar-refractivity contribution in [2.45, 2.75) is 25.8 Å². The summed E-state index contributed by atoms with van der Waals surface area (Å²) in [5, 5.41) is 3.14. The van der Waals surface area contributed by atoms with E-state index in [1.165, 1.54) is 12.8 Å². The molecule has 12 heavy (non-hydrogen) atoms. The van der Waals surface area contributed by atoms with Gasteiger partial charge in [0.25, 0.3) is 0 Å². The first kappa shape index (κ1) is 9.26. The summed E-state index contributed by atoms with van der Waals surface area (Å²) >= 11 is 0. The molecule has 0 radical (unpaired) electrons. The molecule has 68 valence electrons. The fourth-order valence-corrected chi connectivity index (χ4v) is 1.25. The van der Waals surface area contributed by atoms with Gasteiger partial charge in [-0.3, -0.25) is 0 Å². The number of aromatic nitrogens is 2. The van der Waals surface area contributed by atoms with Crippen LogP contribution in [-0.4, -0.2) is 23.1 Å². The standard InChI is InChI=1S/C9H17N3/c1-9(4-3-5-10-2)12-7-6-11-8-12/h6-10H,3-5H2,1-2H3. The van der Waals surface area contributed by atoms with Gasteiger partial charge in [0.1, 0.15) is 0 Å². The Bertz CT molecular complexity index is 194.